The quantitative estimate of drug-likeness (QED) is 0.600. The lowest BCUT2D eigenvalue weighted by Gasteiger charge is -1.94. The number of rotatable bonds is 2. The Bertz CT molecular complexity index is 460. The summed E-state index contributed by atoms with van der Waals surface area (Å²) < 4.78 is 0. The summed E-state index contributed by atoms with van der Waals surface area (Å²) in [6.07, 6.45) is 3.81. The predicted octanol–water partition coefficient (Wildman–Crippen LogP) is 4.02. The fourth-order valence-electron chi connectivity index (χ4n) is 1.05. The van der Waals surface area contributed by atoms with Gasteiger partial charge in [0.05, 0.1) is 5.69 Å². The van der Waals surface area contributed by atoms with Crippen LogP contribution in [0.25, 0.3) is 12.2 Å². The number of hydrogen-bond donors (Lipinski definition) is 0. The maximum absolute atomic E-state index is 5.74. The van der Waals surface area contributed by atoms with Crippen molar-refractivity contribution in [3.05, 3.63) is 44.6 Å². The Morgan fingerprint density at radius 3 is 2.73 bits per heavy atom. The van der Waals surface area contributed by atoms with Gasteiger partial charge in [-0.1, -0.05) is 17.7 Å². The summed E-state index contributed by atoms with van der Waals surface area (Å²) in [5.74, 6) is 0. The standard InChI is InChI=1S/C10H6Cl2N2S/c11-9-6-7(13-10(12)14-9)3-4-8-2-1-5-15-8/h1-6H. The van der Waals surface area contributed by atoms with Gasteiger partial charge < -0.3 is 0 Å². The van der Waals surface area contributed by atoms with Crippen LogP contribution in [0.2, 0.25) is 10.4 Å². The second-order valence-corrected chi connectivity index (χ2v) is 4.44. The molecule has 76 valence electrons. The first-order valence-corrected chi connectivity index (χ1v) is 5.79. The van der Waals surface area contributed by atoms with Crippen LogP contribution in [-0.2, 0) is 0 Å². The van der Waals surface area contributed by atoms with Gasteiger partial charge in [0, 0.05) is 10.9 Å². The van der Waals surface area contributed by atoms with Crippen molar-refractivity contribution in [1.29, 1.82) is 0 Å². The zero-order valence-electron chi connectivity index (χ0n) is 7.52. The maximum Gasteiger partial charge on any atom is 0.224 e. The van der Waals surface area contributed by atoms with Crippen LogP contribution in [0.5, 0.6) is 0 Å². The minimum absolute atomic E-state index is 0.160. The molecule has 2 rings (SSSR count). The van der Waals surface area contributed by atoms with Gasteiger partial charge in [-0.15, -0.1) is 11.3 Å². The molecule has 2 aromatic heterocycles. The molecule has 15 heavy (non-hydrogen) atoms. The van der Waals surface area contributed by atoms with Gasteiger partial charge in [-0.2, -0.15) is 0 Å². The third-order valence-electron chi connectivity index (χ3n) is 1.65. The molecule has 0 saturated heterocycles. The number of nitrogens with zero attached hydrogens (tertiary/aromatic N) is 2. The molecule has 0 amide bonds. The van der Waals surface area contributed by atoms with Crippen LogP contribution in [0.3, 0.4) is 0 Å². The fraction of sp³-hybridized carbons (Fsp3) is 0. The largest absolute Gasteiger partial charge is 0.224 e. The highest BCUT2D eigenvalue weighted by Gasteiger charge is 1.97. The topological polar surface area (TPSA) is 25.8 Å². The molecule has 0 spiro atoms. The highest BCUT2D eigenvalue weighted by molar-refractivity contribution is 7.10. The zero-order chi connectivity index (χ0) is 10.7. The normalized spacial score (nSPS) is 11.1. The molecule has 0 aromatic carbocycles. The Balaban J connectivity index is 2.24. The first-order valence-electron chi connectivity index (χ1n) is 4.16. The van der Waals surface area contributed by atoms with E-state index in [1.54, 1.807) is 17.4 Å². The molecule has 2 nitrogen and oxygen atoms in total. The predicted molar refractivity (Wildman–Crippen MR) is 65.3 cm³/mol. The van der Waals surface area contributed by atoms with Gasteiger partial charge in [-0.3, -0.25) is 0 Å². The summed E-state index contributed by atoms with van der Waals surface area (Å²) in [6, 6.07) is 5.67. The van der Waals surface area contributed by atoms with Gasteiger partial charge >= 0.3 is 0 Å². The highest BCUT2D eigenvalue weighted by Crippen LogP contribution is 2.15. The zero-order valence-corrected chi connectivity index (χ0v) is 9.85. The molecule has 0 aliphatic rings. The third-order valence-corrected chi connectivity index (χ3v) is 2.85. The monoisotopic (exact) mass is 256 g/mol. The van der Waals surface area contributed by atoms with E-state index in [1.165, 1.54) is 0 Å². The van der Waals surface area contributed by atoms with Crippen LogP contribution in [0.4, 0.5) is 0 Å². The second-order valence-electron chi connectivity index (χ2n) is 2.73. The van der Waals surface area contributed by atoms with Gasteiger partial charge in [-0.05, 0) is 35.2 Å². The van der Waals surface area contributed by atoms with Crippen molar-refractivity contribution in [2.24, 2.45) is 0 Å². The Kier molecular flexibility index (Phi) is 3.36. The van der Waals surface area contributed by atoms with Crippen LogP contribution in [0.15, 0.2) is 23.6 Å². The molecule has 0 saturated carbocycles. The summed E-state index contributed by atoms with van der Waals surface area (Å²) in [4.78, 5) is 8.94. The summed E-state index contributed by atoms with van der Waals surface area (Å²) in [5, 5.41) is 2.52. The molecule has 0 aliphatic heterocycles. The molecule has 0 unspecified atom stereocenters. The van der Waals surface area contributed by atoms with Gasteiger partial charge in [0.2, 0.25) is 5.28 Å². The first-order chi connectivity index (χ1) is 7.24. The van der Waals surface area contributed by atoms with Crippen LogP contribution >= 0.6 is 34.5 Å². The Hall–Kier alpha value is -0.900. The number of halogens is 2. The van der Waals surface area contributed by atoms with Crippen molar-refractivity contribution in [3.8, 4) is 0 Å². The van der Waals surface area contributed by atoms with Crippen molar-refractivity contribution >= 4 is 46.7 Å². The van der Waals surface area contributed by atoms with Crippen molar-refractivity contribution in [1.82, 2.24) is 9.97 Å². The maximum atomic E-state index is 5.74. The second kappa shape index (κ2) is 4.75. The summed E-state index contributed by atoms with van der Waals surface area (Å²) in [7, 11) is 0. The van der Waals surface area contributed by atoms with Gasteiger partial charge in [0.15, 0.2) is 0 Å². The number of aromatic nitrogens is 2. The minimum Gasteiger partial charge on any atom is -0.218 e. The van der Waals surface area contributed by atoms with E-state index < -0.39 is 0 Å². The van der Waals surface area contributed by atoms with E-state index in [1.807, 2.05) is 29.7 Å². The summed E-state index contributed by atoms with van der Waals surface area (Å²) in [5.41, 5.74) is 0.702. The van der Waals surface area contributed by atoms with Crippen molar-refractivity contribution in [2.75, 3.05) is 0 Å². The molecule has 0 radical (unpaired) electrons. The molecule has 2 heterocycles. The molecular formula is C10H6Cl2N2S. The minimum atomic E-state index is 0.160. The number of thiophene rings is 1. The van der Waals surface area contributed by atoms with E-state index in [0.29, 0.717) is 10.8 Å². The molecule has 0 atom stereocenters. The van der Waals surface area contributed by atoms with Crippen LogP contribution in [0.1, 0.15) is 10.6 Å². The van der Waals surface area contributed by atoms with Crippen molar-refractivity contribution in [3.63, 3.8) is 0 Å². The molecule has 0 fully saturated rings. The van der Waals surface area contributed by atoms with Crippen LogP contribution in [0, 0.1) is 0 Å². The molecule has 0 N–H and O–H groups in total. The number of hydrogen-bond acceptors (Lipinski definition) is 3. The molecular weight excluding hydrogens is 251 g/mol. The Morgan fingerprint density at radius 2 is 2.07 bits per heavy atom. The average Bonchev–Trinajstić information content (AvgIpc) is 2.65. The van der Waals surface area contributed by atoms with Gasteiger partial charge in [0.1, 0.15) is 5.15 Å². The average molecular weight is 257 g/mol. The first kappa shape index (κ1) is 10.6. The van der Waals surface area contributed by atoms with Crippen molar-refractivity contribution < 1.29 is 0 Å². The van der Waals surface area contributed by atoms with E-state index >= 15 is 0 Å². The van der Waals surface area contributed by atoms with Crippen LogP contribution in [-0.4, -0.2) is 9.97 Å². The van der Waals surface area contributed by atoms with Gasteiger partial charge in [-0.25, -0.2) is 9.97 Å². The lowest BCUT2D eigenvalue weighted by atomic mass is 10.3. The SMILES string of the molecule is Clc1cc(C=Cc2cccs2)nc(Cl)n1. The third kappa shape index (κ3) is 3.02. The smallest absolute Gasteiger partial charge is 0.218 e. The lowest BCUT2D eigenvalue weighted by Crippen LogP contribution is -1.86. The highest BCUT2D eigenvalue weighted by atomic mass is 35.5. The summed E-state index contributed by atoms with van der Waals surface area (Å²) in [6.45, 7) is 0. The van der Waals surface area contributed by atoms with E-state index in [9.17, 15) is 0 Å². The summed E-state index contributed by atoms with van der Waals surface area (Å²) >= 11 is 13.1. The molecule has 0 bridgehead atoms. The van der Waals surface area contributed by atoms with E-state index in [2.05, 4.69) is 9.97 Å². The van der Waals surface area contributed by atoms with E-state index in [-0.39, 0.29) is 5.28 Å². The van der Waals surface area contributed by atoms with E-state index in [0.717, 1.165) is 4.88 Å². The molecule has 2 aromatic rings. The van der Waals surface area contributed by atoms with Crippen molar-refractivity contribution in [2.45, 2.75) is 0 Å². The van der Waals surface area contributed by atoms with Gasteiger partial charge in [0.25, 0.3) is 0 Å². The Labute approximate surface area is 101 Å². The van der Waals surface area contributed by atoms with Crippen LogP contribution < -0.4 is 0 Å². The fourth-order valence-corrected chi connectivity index (χ4v) is 2.09. The van der Waals surface area contributed by atoms with E-state index in [4.69, 9.17) is 23.2 Å². The Morgan fingerprint density at radius 1 is 1.20 bits per heavy atom. The molecule has 0 aliphatic carbocycles. The molecule has 5 heteroatoms. The lowest BCUT2D eigenvalue weighted by molar-refractivity contribution is 1.15.